The highest BCUT2D eigenvalue weighted by Crippen LogP contribution is 2.37. The van der Waals surface area contributed by atoms with E-state index in [1.165, 1.54) is 0 Å². The largest absolute Gasteiger partial charge is 0.478 e. The highest BCUT2D eigenvalue weighted by molar-refractivity contribution is 6.42. The van der Waals surface area contributed by atoms with Crippen LogP contribution in [0.2, 0.25) is 10.0 Å². The van der Waals surface area contributed by atoms with Gasteiger partial charge < -0.3 is 5.11 Å². The summed E-state index contributed by atoms with van der Waals surface area (Å²) < 4.78 is 0. The zero-order valence-corrected chi connectivity index (χ0v) is 14.6. The molecule has 0 spiro atoms. The van der Waals surface area contributed by atoms with Crippen molar-refractivity contribution < 1.29 is 9.90 Å². The number of hydrogen-bond acceptors (Lipinski definition) is 2. The van der Waals surface area contributed by atoms with Crippen LogP contribution in [0, 0.1) is 0 Å². The van der Waals surface area contributed by atoms with Gasteiger partial charge in [0.25, 0.3) is 0 Å². The molecular weight excluding hydrogens is 357 g/mol. The molecule has 0 bridgehead atoms. The van der Waals surface area contributed by atoms with Crippen LogP contribution in [-0.4, -0.2) is 16.1 Å². The predicted molar refractivity (Wildman–Crippen MR) is 101 cm³/mol. The van der Waals surface area contributed by atoms with Crippen molar-refractivity contribution in [2.75, 3.05) is 0 Å². The summed E-state index contributed by atoms with van der Waals surface area (Å²) in [6.45, 7) is 0. The fourth-order valence-corrected chi connectivity index (χ4v) is 3.63. The van der Waals surface area contributed by atoms with Gasteiger partial charge in [0.15, 0.2) is 0 Å². The normalized spacial score (nSPS) is 14.9. The number of aromatic nitrogens is 1. The highest BCUT2D eigenvalue weighted by atomic mass is 35.5. The molecule has 1 aromatic heterocycles. The number of carboxylic acid groups (broad SMARTS) is 1. The Bertz CT molecular complexity index is 1060. The van der Waals surface area contributed by atoms with E-state index in [0.29, 0.717) is 32.9 Å². The third-order valence-electron chi connectivity index (χ3n) is 4.44. The number of fused-ring (bicyclic) bond motifs is 2. The number of rotatable bonds is 2. The summed E-state index contributed by atoms with van der Waals surface area (Å²) in [5.41, 5.74) is 4.56. The van der Waals surface area contributed by atoms with Gasteiger partial charge in [0.05, 0.1) is 26.8 Å². The van der Waals surface area contributed by atoms with Gasteiger partial charge in [0.1, 0.15) is 0 Å². The summed E-state index contributed by atoms with van der Waals surface area (Å²) in [4.78, 5) is 16.6. The fourth-order valence-electron chi connectivity index (χ4n) is 3.33. The van der Waals surface area contributed by atoms with Crippen LogP contribution in [0.15, 0.2) is 42.5 Å². The lowest BCUT2D eigenvalue weighted by Crippen LogP contribution is -2.05. The molecule has 3 nitrogen and oxygen atoms in total. The third kappa shape index (κ3) is 2.80. The average Bonchev–Trinajstić information content (AvgIpc) is 2.98. The minimum absolute atomic E-state index is 0.359. The number of allylic oxidation sites excluding steroid dienone is 1. The number of halogens is 2. The molecule has 4 rings (SSSR count). The average molecular weight is 370 g/mol. The number of nitrogens with zero attached hydrogens (tertiary/aromatic N) is 1. The van der Waals surface area contributed by atoms with Crippen molar-refractivity contribution in [3.05, 3.63) is 74.9 Å². The lowest BCUT2D eigenvalue weighted by atomic mass is 10.0. The Morgan fingerprint density at radius 3 is 2.64 bits per heavy atom. The molecule has 3 aromatic rings. The first-order valence-corrected chi connectivity index (χ1v) is 8.61. The van der Waals surface area contributed by atoms with E-state index in [4.69, 9.17) is 28.2 Å². The molecule has 0 amide bonds. The number of carbonyl (C=O) groups is 1. The molecule has 1 N–H and O–H groups in total. The van der Waals surface area contributed by atoms with Crippen LogP contribution in [-0.2, 0) is 6.42 Å². The van der Waals surface area contributed by atoms with Gasteiger partial charge in [-0.25, -0.2) is 9.78 Å². The fraction of sp³-hybridized carbons (Fsp3) is 0.100. The third-order valence-corrected chi connectivity index (χ3v) is 5.18. The van der Waals surface area contributed by atoms with Crippen LogP contribution in [0.1, 0.15) is 33.6 Å². The molecular formula is C20H13Cl2NO2. The van der Waals surface area contributed by atoms with E-state index in [1.807, 2.05) is 36.4 Å². The lowest BCUT2D eigenvalue weighted by Gasteiger charge is -2.09. The molecule has 1 aliphatic rings. The second-order valence-electron chi connectivity index (χ2n) is 5.98. The molecule has 0 fully saturated rings. The summed E-state index contributed by atoms with van der Waals surface area (Å²) in [7, 11) is 0. The van der Waals surface area contributed by atoms with Crippen molar-refractivity contribution in [2.45, 2.75) is 12.8 Å². The highest BCUT2D eigenvalue weighted by Gasteiger charge is 2.26. The minimum Gasteiger partial charge on any atom is -0.478 e. The van der Waals surface area contributed by atoms with Crippen molar-refractivity contribution in [1.82, 2.24) is 4.98 Å². The molecule has 0 atom stereocenters. The number of hydrogen-bond donors (Lipinski definition) is 1. The van der Waals surface area contributed by atoms with Gasteiger partial charge in [-0.3, -0.25) is 0 Å². The minimum atomic E-state index is -0.911. The van der Waals surface area contributed by atoms with Crippen LogP contribution in [0.4, 0.5) is 0 Å². The van der Waals surface area contributed by atoms with Crippen molar-refractivity contribution in [3.63, 3.8) is 0 Å². The Kier molecular flexibility index (Phi) is 3.98. The van der Waals surface area contributed by atoms with Crippen molar-refractivity contribution in [2.24, 2.45) is 0 Å². The zero-order chi connectivity index (χ0) is 17.6. The molecule has 0 saturated carbocycles. The first-order chi connectivity index (χ1) is 12.0. The van der Waals surface area contributed by atoms with Crippen LogP contribution >= 0.6 is 23.2 Å². The maximum absolute atomic E-state index is 11.8. The molecule has 2 aromatic carbocycles. The topological polar surface area (TPSA) is 50.2 Å². The quantitative estimate of drug-likeness (QED) is 0.627. The van der Waals surface area contributed by atoms with Gasteiger partial charge in [0.2, 0.25) is 0 Å². The molecule has 0 aliphatic heterocycles. The van der Waals surface area contributed by atoms with Gasteiger partial charge in [-0.1, -0.05) is 47.5 Å². The van der Waals surface area contributed by atoms with Crippen LogP contribution in [0.3, 0.4) is 0 Å². The van der Waals surface area contributed by atoms with Crippen LogP contribution in [0.25, 0.3) is 22.6 Å². The van der Waals surface area contributed by atoms with Gasteiger partial charge >= 0.3 is 5.97 Å². The molecule has 0 saturated heterocycles. The predicted octanol–water partition coefficient (Wildman–Crippen LogP) is 5.73. The summed E-state index contributed by atoms with van der Waals surface area (Å²) in [5.74, 6) is -0.911. The molecule has 124 valence electrons. The molecule has 0 unspecified atom stereocenters. The second kappa shape index (κ2) is 6.17. The first kappa shape index (κ1) is 16.1. The van der Waals surface area contributed by atoms with Crippen molar-refractivity contribution in [3.8, 4) is 0 Å². The number of para-hydroxylation sites is 1. The summed E-state index contributed by atoms with van der Waals surface area (Å²) in [6, 6.07) is 12.8. The lowest BCUT2D eigenvalue weighted by molar-refractivity contribution is 0.0698. The summed E-state index contributed by atoms with van der Waals surface area (Å²) in [5, 5.41) is 11.4. The maximum Gasteiger partial charge on any atom is 0.336 e. The van der Waals surface area contributed by atoms with Crippen molar-refractivity contribution in [1.29, 1.82) is 0 Å². The van der Waals surface area contributed by atoms with E-state index >= 15 is 0 Å². The van der Waals surface area contributed by atoms with Gasteiger partial charge in [0, 0.05) is 5.39 Å². The number of aromatic carboxylic acids is 1. The van der Waals surface area contributed by atoms with Gasteiger partial charge in [-0.2, -0.15) is 0 Å². The monoisotopic (exact) mass is 369 g/mol. The molecule has 1 heterocycles. The zero-order valence-electron chi connectivity index (χ0n) is 13.1. The van der Waals surface area contributed by atoms with E-state index in [2.05, 4.69) is 0 Å². The Labute approximate surface area is 154 Å². The molecule has 1 aliphatic carbocycles. The smallest absolute Gasteiger partial charge is 0.336 e. The molecule has 0 radical (unpaired) electrons. The molecule has 5 heteroatoms. The first-order valence-electron chi connectivity index (χ1n) is 7.85. The summed E-state index contributed by atoms with van der Waals surface area (Å²) >= 11 is 12.1. The molecule has 25 heavy (non-hydrogen) atoms. The van der Waals surface area contributed by atoms with Crippen LogP contribution < -0.4 is 0 Å². The van der Waals surface area contributed by atoms with Gasteiger partial charge in [-0.05, 0) is 53.8 Å². The number of carboxylic acids is 1. The van der Waals surface area contributed by atoms with Crippen molar-refractivity contribution >= 4 is 51.7 Å². The van der Waals surface area contributed by atoms with E-state index < -0.39 is 5.97 Å². The standard InChI is InChI=1S/C20H13Cl2NO2/c21-15-8-5-11(10-16(15)22)9-12-6-7-14-18(20(24)25)13-3-1-2-4-17(13)23-19(12)14/h1-5,8-10H,6-7H2,(H,24,25)/b12-9-. The maximum atomic E-state index is 11.8. The second-order valence-corrected chi connectivity index (χ2v) is 6.79. The Hall–Kier alpha value is -2.36. The van der Waals surface area contributed by atoms with E-state index in [0.717, 1.165) is 28.8 Å². The Morgan fingerprint density at radius 2 is 1.88 bits per heavy atom. The van der Waals surface area contributed by atoms with E-state index in [1.54, 1.807) is 12.1 Å². The van der Waals surface area contributed by atoms with E-state index in [-0.39, 0.29) is 0 Å². The van der Waals surface area contributed by atoms with Crippen LogP contribution in [0.5, 0.6) is 0 Å². The Balaban J connectivity index is 1.91. The number of pyridine rings is 1. The number of benzene rings is 2. The van der Waals surface area contributed by atoms with Gasteiger partial charge in [-0.15, -0.1) is 0 Å². The summed E-state index contributed by atoms with van der Waals surface area (Å²) in [6.07, 6.45) is 3.42. The SMILES string of the molecule is O=C(O)c1c2c(nc3ccccc13)/C(=C\c1ccc(Cl)c(Cl)c1)CC2. The van der Waals surface area contributed by atoms with E-state index in [9.17, 15) is 9.90 Å². The Morgan fingerprint density at radius 1 is 1.08 bits per heavy atom.